The molecule has 0 unspecified atom stereocenters. The van der Waals surface area contributed by atoms with Gasteiger partial charge in [0.15, 0.2) is 11.5 Å². The number of hydrogen-bond donors (Lipinski definition) is 3. The third-order valence-corrected chi connectivity index (χ3v) is 4.35. The van der Waals surface area contributed by atoms with Crippen LogP contribution < -0.4 is 5.73 Å². The fourth-order valence-electron chi connectivity index (χ4n) is 2.72. The molecule has 4 N–H and O–H groups in total. The molecule has 0 radical (unpaired) electrons. The van der Waals surface area contributed by atoms with Gasteiger partial charge in [-0.05, 0) is 29.3 Å². The summed E-state index contributed by atoms with van der Waals surface area (Å²) in [6, 6.07) is 11.1. The zero-order valence-corrected chi connectivity index (χ0v) is 12.9. The molecule has 0 aliphatic carbocycles. The normalized spacial score (nSPS) is 21.0. The van der Waals surface area contributed by atoms with Crippen LogP contribution in [0.1, 0.15) is 28.9 Å². The summed E-state index contributed by atoms with van der Waals surface area (Å²) in [7, 11) is 0. The van der Waals surface area contributed by atoms with Gasteiger partial charge in [0.2, 0.25) is 0 Å². The molecule has 1 heterocycles. The van der Waals surface area contributed by atoms with E-state index in [4.69, 9.17) is 10.5 Å². The van der Waals surface area contributed by atoms with Crippen LogP contribution in [-0.4, -0.2) is 16.8 Å². The fraction of sp³-hybridized carbons (Fsp3) is 0.250. The van der Waals surface area contributed by atoms with Gasteiger partial charge in [0.05, 0.1) is 12.2 Å². The minimum atomic E-state index is -0.283. The summed E-state index contributed by atoms with van der Waals surface area (Å²) < 4.78 is 7.05. The lowest BCUT2D eigenvalue weighted by Gasteiger charge is -2.32. The van der Waals surface area contributed by atoms with Gasteiger partial charge in [0.1, 0.15) is 0 Å². The average molecular weight is 350 g/mol. The van der Waals surface area contributed by atoms with E-state index in [1.54, 1.807) is 6.07 Å². The van der Waals surface area contributed by atoms with E-state index in [0.717, 1.165) is 15.6 Å². The molecule has 0 aromatic heterocycles. The molecule has 2 aromatic carbocycles. The minimum absolute atomic E-state index is 0.0728. The third-order valence-electron chi connectivity index (χ3n) is 3.82. The predicted octanol–water partition coefficient (Wildman–Crippen LogP) is 3.17. The number of rotatable bonds is 2. The van der Waals surface area contributed by atoms with Crippen LogP contribution in [0.25, 0.3) is 0 Å². The zero-order chi connectivity index (χ0) is 15.0. The Bertz CT molecular complexity index is 657. The number of ether oxygens (including phenoxy) is 1. The molecule has 3 rings (SSSR count). The lowest BCUT2D eigenvalue weighted by atomic mass is 9.90. The molecule has 0 saturated carbocycles. The monoisotopic (exact) mass is 349 g/mol. The molecular formula is C16H16BrNO3. The highest BCUT2D eigenvalue weighted by Gasteiger charge is 2.30. The van der Waals surface area contributed by atoms with Gasteiger partial charge in [0.25, 0.3) is 0 Å². The molecule has 0 spiro atoms. The Balaban J connectivity index is 2.01. The van der Waals surface area contributed by atoms with Crippen molar-refractivity contribution < 1.29 is 14.9 Å². The lowest BCUT2D eigenvalue weighted by Crippen LogP contribution is -2.25. The van der Waals surface area contributed by atoms with Crippen molar-refractivity contribution in [1.29, 1.82) is 0 Å². The van der Waals surface area contributed by atoms with Crippen LogP contribution in [-0.2, 0) is 11.2 Å². The van der Waals surface area contributed by atoms with E-state index in [2.05, 4.69) is 15.9 Å². The molecule has 0 bridgehead atoms. The summed E-state index contributed by atoms with van der Waals surface area (Å²) in [5.74, 6) is -0.183. The highest BCUT2D eigenvalue weighted by Crippen LogP contribution is 2.43. The Labute approximate surface area is 131 Å². The molecule has 4 nitrogen and oxygen atoms in total. The number of phenols is 2. The first-order valence-corrected chi connectivity index (χ1v) is 7.54. The average Bonchev–Trinajstić information content (AvgIpc) is 2.51. The van der Waals surface area contributed by atoms with Gasteiger partial charge in [-0.3, -0.25) is 0 Å². The van der Waals surface area contributed by atoms with Gasteiger partial charge in [0, 0.05) is 23.0 Å². The van der Waals surface area contributed by atoms with Crippen LogP contribution >= 0.6 is 15.9 Å². The van der Waals surface area contributed by atoms with Crippen LogP contribution in [0.4, 0.5) is 0 Å². The lowest BCUT2D eigenvalue weighted by molar-refractivity contribution is -0.0231. The maximum atomic E-state index is 10.1. The summed E-state index contributed by atoms with van der Waals surface area (Å²) >= 11 is 3.41. The summed E-state index contributed by atoms with van der Waals surface area (Å²) in [5, 5.41) is 19.8. The van der Waals surface area contributed by atoms with E-state index in [9.17, 15) is 10.2 Å². The van der Waals surface area contributed by atoms with E-state index < -0.39 is 0 Å². The van der Waals surface area contributed by atoms with Crippen molar-refractivity contribution >= 4 is 15.9 Å². The number of halogens is 1. The Kier molecular flexibility index (Phi) is 3.89. The van der Waals surface area contributed by atoms with Gasteiger partial charge < -0.3 is 20.7 Å². The molecule has 0 amide bonds. The third kappa shape index (κ3) is 2.64. The first-order valence-electron chi connectivity index (χ1n) is 6.75. The number of phenolic OH excluding ortho intramolecular Hbond substituents is 2. The summed E-state index contributed by atoms with van der Waals surface area (Å²) in [6.07, 6.45) is 0.0361. The van der Waals surface area contributed by atoms with Gasteiger partial charge in [-0.2, -0.15) is 0 Å². The Morgan fingerprint density at radius 2 is 1.86 bits per heavy atom. The highest BCUT2D eigenvalue weighted by molar-refractivity contribution is 9.10. The zero-order valence-electron chi connectivity index (χ0n) is 11.3. The standard InChI is InChI=1S/C16H16BrNO3/c17-10-3-1-9(2-4-10)14-7-12-11(15(8-18)21-14)5-6-13(19)16(12)20/h1-6,14-15,19-20H,7-8,18H2/t14-,15-/m0/s1. The highest BCUT2D eigenvalue weighted by atomic mass is 79.9. The molecule has 2 aromatic rings. The van der Waals surface area contributed by atoms with E-state index in [-0.39, 0.29) is 23.7 Å². The summed E-state index contributed by atoms with van der Waals surface area (Å²) in [4.78, 5) is 0. The van der Waals surface area contributed by atoms with E-state index in [1.807, 2.05) is 24.3 Å². The molecule has 2 atom stereocenters. The number of aromatic hydroxyl groups is 2. The molecule has 21 heavy (non-hydrogen) atoms. The van der Waals surface area contributed by atoms with Crippen molar-refractivity contribution in [2.24, 2.45) is 5.73 Å². The van der Waals surface area contributed by atoms with Crippen molar-refractivity contribution in [1.82, 2.24) is 0 Å². The van der Waals surface area contributed by atoms with E-state index in [0.29, 0.717) is 18.5 Å². The molecule has 1 aliphatic heterocycles. The van der Waals surface area contributed by atoms with Crippen molar-refractivity contribution in [2.45, 2.75) is 18.6 Å². The first-order chi connectivity index (χ1) is 10.1. The van der Waals surface area contributed by atoms with Crippen molar-refractivity contribution in [3.63, 3.8) is 0 Å². The molecule has 0 saturated heterocycles. The summed E-state index contributed by atoms with van der Waals surface area (Å²) in [5.41, 5.74) is 8.37. The van der Waals surface area contributed by atoms with E-state index >= 15 is 0 Å². The smallest absolute Gasteiger partial charge is 0.161 e. The van der Waals surface area contributed by atoms with Gasteiger partial charge in [-0.1, -0.05) is 34.1 Å². The maximum Gasteiger partial charge on any atom is 0.161 e. The molecule has 0 fully saturated rings. The van der Waals surface area contributed by atoms with Gasteiger partial charge >= 0.3 is 0 Å². The molecule has 1 aliphatic rings. The minimum Gasteiger partial charge on any atom is -0.504 e. The van der Waals surface area contributed by atoms with Gasteiger partial charge in [-0.25, -0.2) is 0 Å². The number of nitrogens with two attached hydrogens (primary N) is 1. The SMILES string of the molecule is NC[C@@H]1O[C@H](c2ccc(Br)cc2)Cc2c1ccc(O)c2O. The molecule has 110 valence electrons. The predicted molar refractivity (Wildman–Crippen MR) is 83.2 cm³/mol. The topological polar surface area (TPSA) is 75.7 Å². The Morgan fingerprint density at radius 1 is 1.14 bits per heavy atom. The van der Waals surface area contributed by atoms with Crippen LogP contribution in [0, 0.1) is 0 Å². The Morgan fingerprint density at radius 3 is 2.52 bits per heavy atom. The van der Waals surface area contributed by atoms with Crippen LogP contribution in [0.3, 0.4) is 0 Å². The number of benzene rings is 2. The Hall–Kier alpha value is -1.56. The van der Waals surface area contributed by atoms with Crippen LogP contribution in [0.5, 0.6) is 11.5 Å². The number of hydrogen-bond acceptors (Lipinski definition) is 4. The maximum absolute atomic E-state index is 10.1. The first kappa shape index (κ1) is 14.4. The second kappa shape index (κ2) is 5.67. The second-order valence-corrected chi connectivity index (χ2v) is 6.02. The van der Waals surface area contributed by atoms with Crippen LogP contribution in [0.15, 0.2) is 40.9 Å². The molecule has 5 heteroatoms. The van der Waals surface area contributed by atoms with Gasteiger partial charge in [-0.15, -0.1) is 0 Å². The quantitative estimate of drug-likeness (QED) is 0.728. The fourth-order valence-corrected chi connectivity index (χ4v) is 2.98. The van der Waals surface area contributed by atoms with Crippen LogP contribution in [0.2, 0.25) is 0 Å². The van der Waals surface area contributed by atoms with E-state index in [1.165, 1.54) is 6.07 Å². The summed E-state index contributed by atoms with van der Waals surface area (Å²) in [6.45, 7) is 0.324. The molecular weight excluding hydrogens is 334 g/mol. The largest absolute Gasteiger partial charge is 0.504 e. The second-order valence-electron chi connectivity index (χ2n) is 5.11. The number of fused-ring (bicyclic) bond motifs is 1. The van der Waals surface area contributed by atoms with Crippen molar-refractivity contribution in [2.75, 3.05) is 6.54 Å². The van der Waals surface area contributed by atoms with Crippen molar-refractivity contribution in [3.8, 4) is 11.5 Å². The van der Waals surface area contributed by atoms with Crippen molar-refractivity contribution in [3.05, 3.63) is 57.6 Å².